The second-order valence-electron chi connectivity index (χ2n) is 5.58. The van der Waals surface area contributed by atoms with E-state index in [1.165, 1.54) is 7.11 Å². The van der Waals surface area contributed by atoms with Gasteiger partial charge in [-0.25, -0.2) is 9.79 Å². The van der Waals surface area contributed by atoms with E-state index < -0.39 is 5.97 Å². The van der Waals surface area contributed by atoms with Crippen LogP contribution in [0.3, 0.4) is 0 Å². The maximum atomic E-state index is 12.1. The third-order valence-electron chi connectivity index (χ3n) is 3.72. The molecule has 0 amide bonds. The van der Waals surface area contributed by atoms with Gasteiger partial charge >= 0.3 is 11.9 Å². The second kappa shape index (κ2) is 8.34. The summed E-state index contributed by atoms with van der Waals surface area (Å²) in [4.78, 5) is 28.0. The lowest BCUT2D eigenvalue weighted by Crippen LogP contribution is -2.07. The average molecular weight is 477 g/mol. The van der Waals surface area contributed by atoms with E-state index in [-0.39, 0.29) is 29.7 Å². The van der Waals surface area contributed by atoms with Crippen LogP contribution in [-0.2, 0) is 14.3 Å². The monoisotopic (exact) mass is 477 g/mol. The van der Waals surface area contributed by atoms with Crippen LogP contribution in [0, 0.1) is 3.57 Å². The number of aliphatic imine (C=N–C) groups is 1. The van der Waals surface area contributed by atoms with Crippen LogP contribution in [0.2, 0.25) is 0 Å². The van der Waals surface area contributed by atoms with E-state index in [0.29, 0.717) is 11.3 Å². The molecule has 2 aromatic rings. The van der Waals surface area contributed by atoms with E-state index in [1.54, 1.807) is 31.2 Å². The van der Waals surface area contributed by atoms with Gasteiger partial charge in [0.2, 0.25) is 5.90 Å². The molecule has 1 aliphatic rings. The van der Waals surface area contributed by atoms with Gasteiger partial charge < -0.3 is 14.2 Å². The molecule has 7 heteroatoms. The molecule has 2 aromatic carbocycles. The SMILES string of the molecule is CCC(=O)Oc1cc(/C=C2\N=C(c3ccc(I)cc3)OC2=O)ccc1OC. The van der Waals surface area contributed by atoms with Crippen molar-refractivity contribution in [3.63, 3.8) is 0 Å². The first-order chi connectivity index (χ1) is 13.0. The first kappa shape index (κ1) is 19.1. The molecule has 1 heterocycles. The predicted octanol–water partition coefficient (Wildman–Crippen LogP) is 3.96. The third-order valence-corrected chi connectivity index (χ3v) is 4.43. The molecule has 0 aliphatic carbocycles. The maximum Gasteiger partial charge on any atom is 0.363 e. The lowest BCUT2D eigenvalue weighted by atomic mass is 10.1. The van der Waals surface area contributed by atoms with E-state index in [1.807, 2.05) is 24.3 Å². The fraction of sp³-hybridized carbons (Fsp3) is 0.150. The van der Waals surface area contributed by atoms with Crippen LogP contribution in [0.4, 0.5) is 0 Å². The van der Waals surface area contributed by atoms with Crippen molar-refractivity contribution >= 4 is 46.5 Å². The molecule has 3 rings (SSSR count). The first-order valence-electron chi connectivity index (χ1n) is 8.17. The summed E-state index contributed by atoms with van der Waals surface area (Å²) in [5, 5.41) is 0. The smallest absolute Gasteiger partial charge is 0.363 e. The first-order valence-corrected chi connectivity index (χ1v) is 9.25. The van der Waals surface area contributed by atoms with E-state index in [4.69, 9.17) is 14.2 Å². The van der Waals surface area contributed by atoms with E-state index in [9.17, 15) is 9.59 Å². The summed E-state index contributed by atoms with van der Waals surface area (Å²) in [6, 6.07) is 12.5. The highest BCUT2D eigenvalue weighted by Crippen LogP contribution is 2.30. The minimum atomic E-state index is -0.536. The number of hydrogen-bond donors (Lipinski definition) is 0. The maximum absolute atomic E-state index is 12.1. The normalized spacial score (nSPS) is 14.7. The van der Waals surface area contributed by atoms with Crippen LogP contribution in [0.5, 0.6) is 11.5 Å². The molecule has 0 saturated heterocycles. The van der Waals surface area contributed by atoms with Gasteiger partial charge in [0.15, 0.2) is 17.2 Å². The number of halogens is 1. The fourth-order valence-electron chi connectivity index (χ4n) is 2.34. The highest BCUT2D eigenvalue weighted by Gasteiger charge is 2.24. The van der Waals surface area contributed by atoms with Gasteiger partial charge in [-0.05, 0) is 70.6 Å². The molecule has 0 saturated carbocycles. The van der Waals surface area contributed by atoms with Crippen molar-refractivity contribution < 1.29 is 23.8 Å². The lowest BCUT2D eigenvalue weighted by Gasteiger charge is -2.09. The molecular formula is C20H16INO5. The number of carbonyl (C=O) groups excluding carboxylic acids is 2. The van der Waals surface area contributed by atoms with Gasteiger partial charge in [-0.2, -0.15) is 0 Å². The molecule has 0 aromatic heterocycles. The Morgan fingerprint density at radius 2 is 1.93 bits per heavy atom. The highest BCUT2D eigenvalue weighted by atomic mass is 127. The van der Waals surface area contributed by atoms with Crippen molar-refractivity contribution in [2.45, 2.75) is 13.3 Å². The van der Waals surface area contributed by atoms with Crippen LogP contribution in [0.1, 0.15) is 24.5 Å². The minimum absolute atomic E-state index is 0.168. The Hall–Kier alpha value is -2.68. The Balaban J connectivity index is 1.91. The van der Waals surface area contributed by atoms with E-state index in [0.717, 1.165) is 9.13 Å². The number of hydrogen-bond acceptors (Lipinski definition) is 6. The summed E-state index contributed by atoms with van der Waals surface area (Å²) in [6.07, 6.45) is 1.81. The van der Waals surface area contributed by atoms with Gasteiger partial charge in [-0.15, -0.1) is 0 Å². The molecule has 6 nitrogen and oxygen atoms in total. The summed E-state index contributed by atoms with van der Waals surface area (Å²) >= 11 is 2.20. The molecule has 138 valence electrons. The predicted molar refractivity (Wildman–Crippen MR) is 109 cm³/mol. The summed E-state index contributed by atoms with van der Waals surface area (Å²) in [5.41, 5.74) is 1.52. The largest absolute Gasteiger partial charge is 0.493 e. The fourth-order valence-corrected chi connectivity index (χ4v) is 2.70. The number of esters is 2. The van der Waals surface area contributed by atoms with Crippen LogP contribution in [-0.4, -0.2) is 24.9 Å². The van der Waals surface area contributed by atoms with Crippen molar-refractivity contribution in [3.8, 4) is 11.5 Å². The highest BCUT2D eigenvalue weighted by molar-refractivity contribution is 14.1. The van der Waals surface area contributed by atoms with E-state index in [2.05, 4.69) is 27.6 Å². The average Bonchev–Trinajstić information content (AvgIpc) is 3.03. The summed E-state index contributed by atoms with van der Waals surface area (Å²) in [7, 11) is 1.49. The number of ether oxygens (including phenoxy) is 3. The molecule has 0 spiro atoms. The van der Waals surface area contributed by atoms with Gasteiger partial charge in [0.25, 0.3) is 0 Å². The lowest BCUT2D eigenvalue weighted by molar-refractivity contribution is -0.134. The van der Waals surface area contributed by atoms with Crippen LogP contribution >= 0.6 is 22.6 Å². The van der Waals surface area contributed by atoms with Gasteiger partial charge in [-0.3, -0.25) is 4.79 Å². The van der Waals surface area contributed by atoms with Crippen molar-refractivity contribution in [2.24, 2.45) is 4.99 Å². The number of rotatable bonds is 5. The zero-order valence-electron chi connectivity index (χ0n) is 14.7. The van der Waals surface area contributed by atoms with Gasteiger partial charge in [0.05, 0.1) is 7.11 Å². The molecule has 0 atom stereocenters. The molecule has 27 heavy (non-hydrogen) atoms. The van der Waals surface area contributed by atoms with Crippen molar-refractivity contribution in [2.75, 3.05) is 7.11 Å². The number of benzene rings is 2. The van der Waals surface area contributed by atoms with Gasteiger partial charge in [-0.1, -0.05) is 13.0 Å². The summed E-state index contributed by atoms with van der Waals surface area (Å²) < 4.78 is 16.8. The second-order valence-corrected chi connectivity index (χ2v) is 6.83. The third kappa shape index (κ3) is 4.54. The Kier molecular flexibility index (Phi) is 5.90. The quantitative estimate of drug-likeness (QED) is 0.282. The molecule has 1 aliphatic heterocycles. The summed E-state index contributed by atoms with van der Waals surface area (Å²) in [5.74, 6) is 0.0561. The topological polar surface area (TPSA) is 74.2 Å². The molecule has 0 N–H and O–H groups in total. The van der Waals surface area contributed by atoms with Gasteiger partial charge in [0.1, 0.15) is 0 Å². The Morgan fingerprint density at radius 1 is 1.19 bits per heavy atom. The van der Waals surface area contributed by atoms with Crippen molar-refractivity contribution in [3.05, 3.63) is 62.9 Å². The number of nitrogens with zero attached hydrogens (tertiary/aromatic N) is 1. The molecular weight excluding hydrogens is 461 g/mol. The molecule has 0 bridgehead atoms. The zero-order valence-corrected chi connectivity index (χ0v) is 16.8. The van der Waals surface area contributed by atoms with E-state index >= 15 is 0 Å². The van der Waals surface area contributed by atoms with Crippen molar-refractivity contribution in [1.82, 2.24) is 0 Å². The van der Waals surface area contributed by atoms with Crippen molar-refractivity contribution in [1.29, 1.82) is 0 Å². The molecule has 0 radical (unpaired) electrons. The van der Waals surface area contributed by atoms with Gasteiger partial charge in [0, 0.05) is 15.6 Å². The minimum Gasteiger partial charge on any atom is -0.493 e. The standard InChI is InChI=1S/C20H16INO5/c1-3-18(23)26-17-11-12(4-9-16(17)25-2)10-15-20(24)27-19(22-15)13-5-7-14(21)8-6-13/h4-11H,3H2,1-2H3/b15-10-. The van der Waals surface area contributed by atoms with Crippen LogP contribution in [0.25, 0.3) is 6.08 Å². The number of cyclic esters (lactones) is 1. The molecule has 0 unspecified atom stereocenters. The van der Waals surface area contributed by atoms with Crippen LogP contribution < -0.4 is 9.47 Å². The number of methoxy groups -OCH3 is 1. The van der Waals surface area contributed by atoms with Crippen LogP contribution in [0.15, 0.2) is 53.2 Å². The molecule has 0 fully saturated rings. The zero-order chi connectivity index (χ0) is 19.4. The Labute approximate surface area is 170 Å². The summed E-state index contributed by atoms with van der Waals surface area (Å²) in [6.45, 7) is 1.70. The Bertz CT molecular complexity index is 947. The number of carbonyl (C=O) groups is 2. The Morgan fingerprint density at radius 3 is 2.59 bits per heavy atom.